The number of nitrogens with zero attached hydrogens (tertiary/aromatic N) is 1. The van der Waals surface area contributed by atoms with Gasteiger partial charge in [-0.15, -0.1) is 0 Å². The maximum absolute atomic E-state index is 12.9. The maximum atomic E-state index is 12.9. The van der Waals surface area contributed by atoms with Crippen LogP contribution in [0.2, 0.25) is 0 Å². The van der Waals surface area contributed by atoms with E-state index < -0.39 is 6.10 Å². The highest BCUT2D eigenvalue weighted by Gasteiger charge is 2.33. The SMILES string of the molecule is O=C([C@@H]1COCCO1)N1Cc2ccccc2[C@H](c2ccccc2)C1. The molecule has 2 heterocycles. The third-order valence-electron chi connectivity index (χ3n) is 4.80. The van der Waals surface area contributed by atoms with Gasteiger partial charge in [0.2, 0.25) is 0 Å². The van der Waals surface area contributed by atoms with Crippen molar-refractivity contribution in [2.45, 2.75) is 18.6 Å². The molecule has 0 radical (unpaired) electrons. The van der Waals surface area contributed by atoms with Crippen molar-refractivity contribution >= 4 is 5.91 Å². The minimum atomic E-state index is -0.472. The summed E-state index contributed by atoms with van der Waals surface area (Å²) < 4.78 is 11.0. The highest BCUT2D eigenvalue weighted by Crippen LogP contribution is 2.33. The summed E-state index contributed by atoms with van der Waals surface area (Å²) in [6.07, 6.45) is -0.472. The predicted octanol–water partition coefficient (Wildman–Crippen LogP) is 2.58. The molecule has 4 rings (SSSR count). The van der Waals surface area contributed by atoms with Gasteiger partial charge in [0.05, 0.1) is 19.8 Å². The fourth-order valence-corrected chi connectivity index (χ4v) is 3.58. The number of hydrogen-bond donors (Lipinski definition) is 0. The molecule has 1 fully saturated rings. The average Bonchev–Trinajstić information content (AvgIpc) is 2.68. The first-order valence-electron chi connectivity index (χ1n) is 8.44. The van der Waals surface area contributed by atoms with Crippen molar-refractivity contribution in [1.82, 2.24) is 4.90 Å². The second kappa shape index (κ2) is 6.75. The molecule has 0 saturated carbocycles. The Labute approximate surface area is 142 Å². The second-order valence-corrected chi connectivity index (χ2v) is 6.32. The summed E-state index contributed by atoms with van der Waals surface area (Å²) in [4.78, 5) is 14.8. The summed E-state index contributed by atoms with van der Waals surface area (Å²) in [6, 6.07) is 18.8. The summed E-state index contributed by atoms with van der Waals surface area (Å²) in [5.41, 5.74) is 3.76. The summed E-state index contributed by atoms with van der Waals surface area (Å²) in [5, 5.41) is 0. The van der Waals surface area contributed by atoms with Crippen molar-refractivity contribution in [1.29, 1.82) is 0 Å². The zero-order valence-electron chi connectivity index (χ0n) is 13.6. The molecule has 4 nitrogen and oxygen atoms in total. The van der Waals surface area contributed by atoms with Gasteiger partial charge in [0.25, 0.3) is 5.91 Å². The van der Waals surface area contributed by atoms with Gasteiger partial charge in [-0.2, -0.15) is 0 Å². The number of amides is 1. The van der Waals surface area contributed by atoms with Crippen molar-refractivity contribution in [3.63, 3.8) is 0 Å². The molecular weight excluding hydrogens is 302 g/mol. The Morgan fingerprint density at radius 2 is 1.79 bits per heavy atom. The Morgan fingerprint density at radius 3 is 2.58 bits per heavy atom. The van der Waals surface area contributed by atoms with Crippen LogP contribution in [0.15, 0.2) is 54.6 Å². The van der Waals surface area contributed by atoms with Gasteiger partial charge in [0.15, 0.2) is 6.10 Å². The van der Waals surface area contributed by atoms with E-state index in [4.69, 9.17) is 9.47 Å². The molecule has 0 spiro atoms. The molecule has 1 saturated heterocycles. The van der Waals surface area contributed by atoms with Crippen LogP contribution in [0, 0.1) is 0 Å². The van der Waals surface area contributed by atoms with Gasteiger partial charge in [0, 0.05) is 19.0 Å². The van der Waals surface area contributed by atoms with Crippen molar-refractivity contribution < 1.29 is 14.3 Å². The van der Waals surface area contributed by atoms with E-state index >= 15 is 0 Å². The average molecular weight is 323 g/mol. The number of hydrogen-bond acceptors (Lipinski definition) is 3. The van der Waals surface area contributed by atoms with Crippen molar-refractivity contribution in [3.8, 4) is 0 Å². The van der Waals surface area contributed by atoms with E-state index in [1.165, 1.54) is 16.7 Å². The number of carbonyl (C=O) groups excluding carboxylic acids is 1. The lowest BCUT2D eigenvalue weighted by Gasteiger charge is -2.37. The van der Waals surface area contributed by atoms with Crippen molar-refractivity contribution in [2.75, 3.05) is 26.4 Å². The molecule has 0 N–H and O–H groups in total. The third-order valence-corrected chi connectivity index (χ3v) is 4.80. The summed E-state index contributed by atoms with van der Waals surface area (Å²) in [6.45, 7) is 2.73. The molecule has 2 atom stereocenters. The summed E-state index contributed by atoms with van der Waals surface area (Å²) in [5.74, 6) is 0.231. The summed E-state index contributed by atoms with van der Waals surface area (Å²) in [7, 11) is 0. The smallest absolute Gasteiger partial charge is 0.254 e. The van der Waals surface area contributed by atoms with Gasteiger partial charge < -0.3 is 14.4 Å². The first kappa shape index (κ1) is 15.4. The number of carbonyl (C=O) groups is 1. The van der Waals surface area contributed by atoms with Gasteiger partial charge in [-0.05, 0) is 16.7 Å². The molecule has 24 heavy (non-hydrogen) atoms. The molecular formula is C20H21NO3. The number of fused-ring (bicyclic) bond motifs is 1. The van der Waals surface area contributed by atoms with Crippen LogP contribution >= 0.6 is 0 Å². The van der Waals surface area contributed by atoms with Gasteiger partial charge in [-0.25, -0.2) is 0 Å². The van der Waals surface area contributed by atoms with Gasteiger partial charge in [0.1, 0.15) is 0 Å². The maximum Gasteiger partial charge on any atom is 0.254 e. The lowest BCUT2D eigenvalue weighted by molar-refractivity contribution is -0.159. The molecule has 124 valence electrons. The van der Waals surface area contributed by atoms with E-state index in [1.54, 1.807) is 0 Å². The van der Waals surface area contributed by atoms with Crippen LogP contribution in [-0.4, -0.2) is 43.3 Å². The number of rotatable bonds is 2. The fraction of sp³-hybridized carbons (Fsp3) is 0.350. The van der Waals surface area contributed by atoms with Crippen LogP contribution in [0.1, 0.15) is 22.6 Å². The molecule has 2 aromatic rings. The minimum Gasteiger partial charge on any atom is -0.376 e. The van der Waals surface area contributed by atoms with Crippen molar-refractivity contribution in [2.24, 2.45) is 0 Å². The first-order chi connectivity index (χ1) is 11.8. The lowest BCUT2D eigenvalue weighted by atomic mass is 9.84. The van der Waals surface area contributed by atoms with Gasteiger partial charge >= 0.3 is 0 Å². The Hall–Kier alpha value is -2.17. The highest BCUT2D eigenvalue weighted by molar-refractivity contribution is 5.81. The predicted molar refractivity (Wildman–Crippen MR) is 90.7 cm³/mol. The number of benzene rings is 2. The van der Waals surface area contributed by atoms with E-state index in [2.05, 4.69) is 42.5 Å². The highest BCUT2D eigenvalue weighted by atomic mass is 16.6. The largest absolute Gasteiger partial charge is 0.376 e. The Kier molecular flexibility index (Phi) is 4.32. The molecule has 0 bridgehead atoms. The Bertz CT molecular complexity index is 710. The molecule has 0 unspecified atom stereocenters. The zero-order chi connectivity index (χ0) is 16.4. The molecule has 4 heteroatoms. The second-order valence-electron chi connectivity index (χ2n) is 6.32. The van der Waals surface area contributed by atoms with Crippen LogP contribution in [0.4, 0.5) is 0 Å². The Balaban J connectivity index is 1.64. The van der Waals surface area contributed by atoms with Crippen molar-refractivity contribution in [3.05, 3.63) is 71.3 Å². The zero-order valence-corrected chi connectivity index (χ0v) is 13.6. The van der Waals surface area contributed by atoms with E-state index in [0.29, 0.717) is 32.9 Å². The van der Waals surface area contributed by atoms with E-state index in [9.17, 15) is 4.79 Å². The molecule has 1 amide bonds. The van der Waals surface area contributed by atoms with E-state index in [1.807, 2.05) is 17.0 Å². The van der Waals surface area contributed by atoms with Crippen LogP contribution in [-0.2, 0) is 20.8 Å². The topological polar surface area (TPSA) is 38.8 Å². The summed E-state index contributed by atoms with van der Waals surface area (Å²) >= 11 is 0. The standard InChI is InChI=1S/C20H21NO3/c22-20(19-14-23-10-11-24-19)21-12-16-8-4-5-9-17(16)18(13-21)15-6-2-1-3-7-15/h1-9,18-19H,10-14H2/t18-,19-/m0/s1. The van der Waals surface area contributed by atoms with E-state index in [0.717, 1.165) is 0 Å². The molecule has 0 aromatic heterocycles. The van der Waals surface area contributed by atoms with Gasteiger partial charge in [-0.3, -0.25) is 4.79 Å². The van der Waals surface area contributed by atoms with Gasteiger partial charge in [-0.1, -0.05) is 54.6 Å². The molecule has 2 aliphatic rings. The third kappa shape index (κ3) is 2.95. The normalized spacial score (nSPS) is 23.6. The molecule has 0 aliphatic carbocycles. The first-order valence-corrected chi connectivity index (χ1v) is 8.44. The van der Waals surface area contributed by atoms with Crippen LogP contribution in [0.25, 0.3) is 0 Å². The fourth-order valence-electron chi connectivity index (χ4n) is 3.58. The Morgan fingerprint density at radius 1 is 1.00 bits per heavy atom. The molecule has 2 aromatic carbocycles. The van der Waals surface area contributed by atoms with Crippen LogP contribution in [0.5, 0.6) is 0 Å². The monoisotopic (exact) mass is 323 g/mol. The molecule has 2 aliphatic heterocycles. The van der Waals surface area contributed by atoms with Crippen LogP contribution < -0.4 is 0 Å². The van der Waals surface area contributed by atoms with E-state index in [-0.39, 0.29) is 11.8 Å². The van der Waals surface area contributed by atoms with Crippen LogP contribution in [0.3, 0.4) is 0 Å². The number of ether oxygens (including phenoxy) is 2. The minimum absolute atomic E-state index is 0.0325. The lowest BCUT2D eigenvalue weighted by Crippen LogP contribution is -2.48. The quantitative estimate of drug-likeness (QED) is 0.853.